The first-order valence-corrected chi connectivity index (χ1v) is 7.93. The van der Waals surface area contributed by atoms with Gasteiger partial charge in [-0.1, -0.05) is 24.4 Å². The second-order valence-corrected chi connectivity index (χ2v) is 6.77. The van der Waals surface area contributed by atoms with Crippen molar-refractivity contribution in [2.24, 2.45) is 5.92 Å². The van der Waals surface area contributed by atoms with Crippen LogP contribution in [0, 0.1) is 5.92 Å². The molecular formula is C14H20ClNO2S. The molecule has 106 valence electrons. The van der Waals surface area contributed by atoms with Gasteiger partial charge in [0.05, 0.1) is 4.34 Å². The van der Waals surface area contributed by atoms with Crippen molar-refractivity contribution in [3.8, 4) is 0 Å². The molecule has 0 bridgehead atoms. The number of carbonyl (C=O) groups excluding carboxylic acids is 1. The van der Waals surface area contributed by atoms with Crippen molar-refractivity contribution in [3.63, 3.8) is 0 Å². The summed E-state index contributed by atoms with van der Waals surface area (Å²) in [6.07, 6.45) is 5.48. The molecule has 1 N–H and O–H groups in total. The second-order valence-electron chi connectivity index (χ2n) is 5.02. The lowest BCUT2D eigenvalue weighted by atomic mass is 10.0. The van der Waals surface area contributed by atoms with E-state index in [9.17, 15) is 4.79 Å². The standard InChI is InChI=1S/C14H20ClNO2S/c1-18-11(12-6-7-13(15)19-12)9-16-14(17)8-10-4-2-3-5-10/h6-7,10-11H,2-5,8-9H2,1H3,(H,16,17). The van der Waals surface area contributed by atoms with E-state index in [1.54, 1.807) is 7.11 Å². The lowest BCUT2D eigenvalue weighted by molar-refractivity contribution is -0.122. The van der Waals surface area contributed by atoms with E-state index in [-0.39, 0.29) is 12.0 Å². The van der Waals surface area contributed by atoms with Gasteiger partial charge in [-0.3, -0.25) is 4.79 Å². The summed E-state index contributed by atoms with van der Waals surface area (Å²) in [4.78, 5) is 12.9. The van der Waals surface area contributed by atoms with E-state index in [2.05, 4.69) is 5.32 Å². The quantitative estimate of drug-likeness (QED) is 0.868. The predicted octanol–water partition coefficient (Wildman–Crippen LogP) is 3.79. The average molecular weight is 302 g/mol. The summed E-state index contributed by atoms with van der Waals surface area (Å²) >= 11 is 7.41. The molecule has 0 aliphatic heterocycles. The molecule has 0 saturated heterocycles. The van der Waals surface area contributed by atoms with Gasteiger partial charge in [-0.25, -0.2) is 0 Å². The number of methoxy groups -OCH3 is 1. The van der Waals surface area contributed by atoms with Gasteiger partial charge in [0.1, 0.15) is 6.10 Å². The monoisotopic (exact) mass is 301 g/mol. The zero-order valence-electron chi connectivity index (χ0n) is 11.2. The van der Waals surface area contributed by atoms with E-state index in [1.165, 1.54) is 37.0 Å². The number of rotatable bonds is 6. The van der Waals surface area contributed by atoms with Gasteiger partial charge in [0.2, 0.25) is 5.91 Å². The molecule has 1 aromatic rings. The van der Waals surface area contributed by atoms with Crippen LogP contribution in [-0.4, -0.2) is 19.6 Å². The molecule has 1 atom stereocenters. The Kier molecular flexibility index (Phi) is 5.67. The third kappa shape index (κ3) is 4.48. The van der Waals surface area contributed by atoms with E-state index >= 15 is 0 Å². The maximum Gasteiger partial charge on any atom is 0.220 e. The van der Waals surface area contributed by atoms with Crippen molar-refractivity contribution in [3.05, 3.63) is 21.3 Å². The first-order valence-electron chi connectivity index (χ1n) is 6.73. The van der Waals surface area contributed by atoms with E-state index in [4.69, 9.17) is 16.3 Å². The van der Waals surface area contributed by atoms with E-state index < -0.39 is 0 Å². The number of ether oxygens (including phenoxy) is 1. The van der Waals surface area contributed by atoms with Gasteiger partial charge < -0.3 is 10.1 Å². The zero-order valence-corrected chi connectivity index (χ0v) is 12.7. The molecule has 1 aliphatic carbocycles. The highest BCUT2D eigenvalue weighted by molar-refractivity contribution is 7.16. The maximum absolute atomic E-state index is 11.9. The third-order valence-electron chi connectivity index (χ3n) is 3.63. The first kappa shape index (κ1) is 14.8. The minimum absolute atomic E-state index is 0.106. The van der Waals surface area contributed by atoms with Gasteiger partial charge in [0.15, 0.2) is 0 Å². The molecular weight excluding hydrogens is 282 g/mol. The van der Waals surface area contributed by atoms with Crippen LogP contribution in [0.25, 0.3) is 0 Å². The summed E-state index contributed by atoms with van der Waals surface area (Å²) in [6, 6.07) is 3.80. The molecule has 19 heavy (non-hydrogen) atoms. The summed E-state index contributed by atoms with van der Waals surface area (Å²) in [5.74, 6) is 0.716. The van der Waals surface area contributed by atoms with Crippen LogP contribution in [-0.2, 0) is 9.53 Å². The van der Waals surface area contributed by atoms with Gasteiger partial charge in [-0.15, -0.1) is 11.3 Å². The topological polar surface area (TPSA) is 38.3 Å². The number of thiophene rings is 1. The molecule has 5 heteroatoms. The van der Waals surface area contributed by atoms with E-state index in [0.29, 0.717) is 18.9 Å². The smallest absolute Gasteiger partial charge is 0.220 e. The summed E-state index contributed by atoms with van der Waals surface area (Å²) in [5, 5.41) is 2.97. The molecule has 1 aromatic heterocycles. The fraction of sp³-hybridized carbons (Fsp3) is 0.643. The summed E-state index contributed by atoms with van der Waals surface area (Å²) < 4.78 is 6.15. The molecule has 1 amide bonds. The molecule has 2 rings (SSSR count). The molecule has 3 nitrogen and oxygen atoms in total. The average Bonchev–Trinajstić information content (AvgIpc) is 3.02. The molecule has 0 aromatic carbocycles. The molecule has 0 spiro atoms. The lowest BCUT2D eigenvalue weighted by Gasteiger charge is -2.15. The third-order valence-corrected chi connectivity index (χ3v) is 4.95. The van der Waals surface area contributed by atoms with Crippen LogP contribution in [0.3, 0.4) is 0 Å². The Balaban J connectivity index is 1.77. The summed E-state index contributed by atoms with van der Waals surface area (Å²) in [6.45, 7) is 0.513. The van der Waals surface area contributed by atoms with Crippen LogP contribution in [0.1, 0.15) is 43.1 Å². The Morgan fingerprint density at radius 3 is 2.84 bits per heavy atom. The predicted molar refractivity (Wildman–Crippen MR) is 78.7 cm³/mol. The highest BCUT2D eigenvalue weighted by Gasteiger charge is 2.19. The zero-order chi connectivity index (χ0) is 13.7. The Bertz CT molecular complexity index is 415. The van der Waals surface area contributed by atoms with Gasteiger partial charge in [-0.2, -0.15) is 0 Å². The number of nitrogens with one attached hydrogen (secondary N) is 1. The maximum atomic E-state index is 11.9. The van der Waals surface area contributed by atoms with Crippen LogP contribution >= 0.6 is 22.9 Å². The minimum atomic E-state index is -0.106. The van der Waals surface area contributed by atoms with Crippen molar-refractivity contribution >= 4 is 28.8 Å². The Hall–Kier alpha value is -0.580. The largest absolute Gasteiger partial charge is 0.374 e. The number of halogens is 1. The van der Waals surface area contributed by atoms with Crippen molar-refractivity contribution in [1.82, 2.24) is 5.32 Å². The lowest BCUT2D eigenvalue weighted by Crippen LogP contribution is -2.29. The summed E-state index contributed by atoms with van der Waals surface area (Å²) in [7, 11) is 1.65. The molecule has 0 radical (unpaired) electrons. The molecule has 1 saturated carbocycles. The Morgan fingerprint density at radius 1 is 1.53 bits per heavy atom. The summed E-state index contributed by atoms with van der Waals surface area (Å²) in [5.41, 5.74) is 0. The number of carbonyl (C=O) groups is 1. The van der Waals surface area contributed by atoms with Crippen molar-refractivity contribution < 1.29 is 9.53 Å². The Morgan fingerprint density at radius 2 is 2.26 bits per heavy atom. The fourth-order valence-corrected chi connectivity index (χ4v) is 3.70. The number of hydrogen-bond donors (Lipinski definition) is 1. The minimum Gasteiger partial charge on any atom is -0.374 e. The van der Waals surface area contributed by atoms with Gasteiger partial charge in [-0.05, 0) is 30.9 Å². The normalized spacial score (nSPS) is 17.6. The van der Waals surface area contributed by atoms with Crippen LogP contribution in [0.4, 0.5) is 0 Å². The first-order chi connectivity index (χ1) is 9.19. The van der Waals surface area contributed by atoms with Crippen LogP contribution in [0.2, 0.25) is 4.34 Å². The SMILES string of the molecule is COC(CNC(=O)CC1CCCC1)c1ccc(Cl)s1. The number of amides is 1. The van der Waals surface area contributed by atoms with Gasteiger partial charge in [0, 0.05) is 25.0 Å². The fourth-order valence-electron chi connectivity index (χ4n) is 2.56. The van der Waals surface area contributed by atoms with Crippen LogP contribution in [0.5, 0.6) is 0 Å². The molecule has 1 heterocycles. The highest BCUT2D eigenvalue weighted by Crippen LogP contribution is 2.29. The molecule has 1 aliphatic rings. The van der Waals surface area contributed by atoms with Crippen molar-refractivity contribution in [2.45, 2.75) is 38.2 Å². The van der Waals surface area contributed by atoms with Crippen molar-refractivity contribution in [1.29, 1.82) is 0 Å². The van der Waals surface area contributed by atoms with Crippen molar-refractivity contribution in [2.75, 3.05) is 13.7 Å². The van der Waals surface area contributed by atoms with Crippen LogP contribution < -0.4 is 5.32 Å². The molecule has 1 fully saturated rings. The van der Waals surface area contributed by atoms with Gasteiger partial charge >= 0.3 is 0 Å². The Labute approximate surface area is 123 Å². The van der Waals surface area contributed by atoms with Crippen LogP contribution in [0.15, 0.2) is 12.1 Å². The van der Waals surface area contributed by atoms with E-state index in [1.807, 2.05) is 12.1 Å². The number of hydrogen-bond acceptors (Lipinski definition) is 3. The molecule has 1 unspecified atom stereocenters. The highest BCUT2D eigenvalue weighted by atomic mass is 35.5. The second kappa shape index (κ2) is 7.27. The van der Waals surface area contributed by atoms with E-state index in [0.717, 1.165) is 9.21 Å². The van der Waals surface area contributed by atoms with Gasteiger partial charge in [0.25, 0.3) is 0 Å².